The highest BCUT2D eigenvalue weighted by Gasteiger charge is 2.30. The Morgan fingerprint density at radius 1 is 1.33 bits per heavy atom. The van der Waals surface area contributed by atoms with Gasteiger partial charge in [-0.25, -0.2) is 0 Å². The lowest BCUT2D eigenvalue weighted by Crippen LogP contribution is -2.21. The van der Waals surface area contributed by atoms with Gasteiger partial charge in [-0.15, -0.1) is 0 Å². The van der Waals surface area contributed by atoms with E-state index in [0.29, 0.717) is 5.92 Å². The van der Waals surface area contributed by atoms with Gasteiger partial charge in [-0.05, 0) is 24.6 Å². The number of nitrogens with zero attached hydrogens (tertiary/aromatic N) is 1. The number of nitrogens with one attached hydrogen (secondary N) is 1. The first kappa shape index (κ1) is 11.4. The van der Waals surface area contributed by atoms with E-state index in [1.54, 1.807) is 6.20 Å². The number of fused-ring (bicyclic) bond motifs is 1. The predicted molar refractivity (Wildman–Crippen MR) is 71.6 cm³/mol. The molecule has 1 aromatic heterocycles. The molecule has 2 heterocycles. The third kappa shape index (κ3) is 1.91. The summed E-state index contributed by atoms with van der Waals surface area (Å²) in [7, 11) is 0. The van der Waals surface area contributed by atoms with Gasteiger partial charge in [0.1, 0.15) is 0 Å². The average molecular weight is 240 g/mol. The molecule has 92 valence electrons. The summed E-state index contributed by atoms with van der Waals surface area (Å²) in [6, 6.07) is 9.71. The minimum atomic E-state index is 0.103. The normalized spacial score (nSPS) is 23.4. The molecule has 3 nitrogen and oxygen atoms in total. The van der Waals surface area contributed by atoms with Gasteiger partial charge >= 0.3 is 0 Å². The average Bonchev–Trinajstić information content (AvgIpc) is 2.83. The molecule has 1 aromatic carbocycles. The van der Waals surface area contributed by atoms with E-state index in [4.69, 9.17) is 0 Å². The zero-order chi connectivity index (χ0) is 12.5. The molecule has 0 radical (unpaired) electrons. The summed E-state index contributed by atoms with van der Waals surface area (Å²) >= 11 is 0. The van der Waals surface area contributed by atoms with Gasteiger partial charge < -0.3 is 5.32 Å². The van der Waals surface area contributed by atoms with Crippen LogP contribution in [0.5, 0.6) is 0 Å². The third-order valence-electron chi connectivity index (χ3n) is 3.74. The molecule has 0 amide bonds. The molecular weight excluding hydrogens is 224 g/mol. The quantitative estimate of drug-likeness (QED) is 0.819. The second kappa shape index (κ2) is 4.50. The van der Waals surface area contributed by atoms with Crippen LogP contribution in [-0.4, -0.2) is 23.9 Å². The Morgan fingerprint density at radius 3 is 3.00 bits per heavy atom. The fourth-order valence-corrected chi connectivity index (χ4v) is 2.59. The lowest BCUT2D eigenvalue weighted by Gasteiger charge is -2.13. The van der Waals surface area contributed by atoms with E-state index in [-0.39, 0.29) is 11.7 Å². The van der Waals surface area contributed by atoms with Gasteiger partial charge in [-0.2, -0.15) is 0 Å². The first-order chi connectivity index (χ1) is 8.75. The van der Waals surface area contributed by atoms with Gasteiger partial charge in [0.2, 0.25) is 0 Å². The smallest absolute Gasteiger partial charge is 0.167 e. The molecule has 3 rings (SSSR count). The van der Waals surface area contributed by atoms with Crippen LogP contribution in [-0.2, 0) is 0 Å². The van der Waals surface area contributed by atoms with Crippen molar-refractivity contribution in [2.24, 2.45) is 11.8 Å². The molecule has 1 fully saturated rings. The van der Waals surface area contributed by atoms with Crippen molar-refractivity contribution in [3.63, 3.8) is 0 Å². The lowest BCUT2D eigenvalue weighted by molar-refractivity contribution is 0.0908. The van der Waals surface area contributed by atoms with E-state index in [2.05, 4.69) is 17.2 Å². The molecule has 2 unspecified atom stereocenters. The number of aromatic nitrogens is 1. The maximum atomic E-state index is 12.4. The Kier molecular flexibility index (Phi) is 2.84. The van der Waals surface area contributed by atoms with E-state index in [0.717, 1.165) is 29.6 Å². The highest BCUT2D eigenvalue weighted by atomic mass is 16.1. The van der Waals surface area contributed by atoms with Crippen LogP contribution in [0.2, 0.25) is 0 Å². The maximum Gasteiger partial charge on any atom is 0.167 e. The van der Waals surface area contributed by atoms with Gasteiger partial charge in [0, 0.05) is 29.6 Å². The van der Waals surface area contributed by atoms with E-state index < -0.39 is 0 Å². The van der Waals surface area contributed by atoms with E-state index in [1.807, 2.05) is 30.3 Å². The van der Waals surface area contributed by atoms with Crippen LogP contribution < -0.4 is 5.32 Å². The second-order valence-corrected chi connectivity index (χ2v) is 5.02. The van der Waals surface area contributed by atoms with E-state index in [9.17, 15) is 4.79 Å². The molecule has 0 bridgehead atoms. The van der Waals surface area contributed by atoms with Gasteiger partial charge in [-0.3, -0.25) is 9.78 Å². The van der Waals surface area contributed by atoms with Gasteiger partial charge in [-0.1, -0.05) is 25.1 Å². The van der Waals surface area contributed by atoms with Gasteiger partial charge in [0.15, 0.2) is 5.78 Å². The fourth-order valence-electron chi connectivity index (χ4n) is 2.59. The van der Waals surface area contributed by atoms with Crippen molar-refractivity contribution in [1.29, 1.82) is 0 Å². The Bertz CT molecular complexity index is 594. The molecule has 1 aliphatic heterocycles. The second-order valence-electron chi connectivity index (χ2n) is 5.02. The minimum Gasteiger partial charge on any atom is -0.316 e. The summed E-state index contributed by atoms with van der Waals surface area (Å²) in [6.07, 6.45) is 1.76. The number of hydrogen-bond donors (Lipinski definition) is 1. The molecular formula is C15H16N2O. The minimum absolute atomic E-state index is 0.103. The number of carbonyl (C=O) groups excluding carboxylic acids is 1. The Labute approximate surface area is 106 Å². The zero-order valence-corrected chi connectivity index (χ0v) is 10.4. The molecule has 2 aromatic rings. The van der Waals surface area contributed by atoms with Crippen LogP contribution in [0.15, 0.2) is 36.5 Å². The lowest BCUT2D eigenvalue weighted by atomic mass is 9.89. The molecule has 18 heavy (non-hydrogen) atoms. The Hall–Kier alpha value is -1.74. The Balaban J connectivity index is 1.96. The summed E-state index contributed by atoms with van der Waals surface area (Å²) in [6.45, 7) is 3.85. The summed E-state index contributed by atoms with van der Waals surface area (Å²) in [4.78, 5) is 16.7. The van der Waals surface area contributed by atoms with Gasteiger partial charge in [0.25, 0.3) is 0 Å². The number of rotatable bonds is 2. The van der Waals surface area contributed by atoms with Crippen molar-refractivity contribution >= 4 is 16.7 Å². The highest BCUT2D eigenvalue weighted by Crippen LogP contribution is 2.22. The van der Waals surface area contributed by atoms with Crippen molar-refractivity contribution < 1.29 is 4.79 Å². The van der Waals surface area contributed by atoms with Crippen molar-refractivity contribution in [3.05, 3.63) is 42.1 Å². The van der Waals surface area contributed by atoms with E-state index >= 15 is 0 Å². The summed E-state index contributed by atoms with van der Waals surface area (Å²) < 4.78 is 0. The summed E-state index contributed by atoms with van der Waals surface area (Å²) in [5, 5.41) is 4.35. The van der Waals surface area contributed by atoms with Crippen LogP contribution in [0, 0.1) is 11.8 Å². The first-order valence-corrected chi connectivity index (χ1v) is 6.35. The van der Waals surface area contributed by atoms with Crippen molar-refractivity contribution in [2.75, 3.05) is 13.1 Å². The standard InChI is InChI=1S/C15H16N2O/c1-10-8-16-9-13(10)15(18)12-5-4-11-3-2-6-17-14(11)7-12/h2-7,10,13,16H,8-9H2,1H3. The molecule has 1 N–H and O–H groups in total. The molecule has 1 saturated heterocycles. The molecule has 0 saturated carbocycles. The number of benzene rings is 1. The van der Waals surface area contributed by atoms with Crippen LogP contribution in [0.25, 0.3) is 10.9 Å². The molecule has 0 aliphatic carbocycles. The number of Topliss-reactive ketones (excluding diaryl/α,β-unsaturated/α-hetero) is 1. The number of hydrogen-bond acceptors (Lipinski definition) is 3. The summed E-state index contributed by atoms with van der Waals surface area (Å²) in [5.74, 6) is 0.753. The maximum absolute atomic E-state index is 12.4. The predicted octanol–water partition coefficient (Wildman–Crippen LogP) is 2.27. The van der Waals surface area contributed by atoms with Crippen molar-refractivity contribution in [1.82, 2.24) is 10.3 Å². The largest absolute Gasteiger partial charge is 0.316 e. The summed E-state index contributed by atoms with van der Waals surface area (Å²) in [5.41, 5.74) is 1.67. The van der Waals surface area contributed by atoms with Crippen molar-refractivity contribution in [2.45, 2.75) is 6.92 Å². The topological polar surface area (TPSA) is 42.0 Å². The monoisotopic (exact) mass is 240 g/mol. The van der Waals surface area contributed by atoms with Crippen molar-refractivity contribution in [3.8, 4) is 0 Å². The molecule has 1 aliphatic rings. The number of pyridine rings is 1. The Morgan fingerprint density at radius 2 is 2.22 bits per heavy atom. The zero-order valence-electron chi connectivity index (χ0n) is 10.4. The van der Waals surface area contributed by atoms with Crippen LogP contribution in [0.3, 0.4) is 0 Å². The van der Waals surface area contributed by atoms with Crippen LogP contribution in [0.1, 0.15) is 17.3 Å². The van der Waals surface area contributed by atoms with E-state index in [1.165, 1.54) is 0 Å². The van der Waals surface area contributed by atoms with Crippen LogP contribution >= 0.6 is 0 Å². The highest BCUT2D eigenvalue weighted by molar-refractivity contribution is 6.01. The SMILES string of the molecule is CC1CNCC1C(=O)c1ccc2cccnc2c1. The molecule has 0 spiro atoms. The van der Waals surface area contributed by atoms with Crippen LogP contribution in [0.4, 0.5) is 0 Å². The van der Waals surface area contributed by atoms with Gasteiger partial charge in [0.05, 0.1) is 5.52 Å². The molecule has 2 atom stereocenters. The molecule has 3 heteroatoms. The fraction of sp³-hybridized carbons (Fsp3) is 0.333. The third-order valence-corrected chi connectivity index (χ3v) is 3.74. The first-order valence-electron chi connectivity index (χ1n) is 6.35. The number of ketones is 1. The number of carbonyl (C=O) groups is 1.